The smallest absolute Gasteiger partial charge is 0.138 e. The van der Waals surface area contributed by atoms with Crippen LogP contribution in [0.1, 0.15) is 37.5 Å². The predicted octanol–water partition coefficient (Wildman–Crippen LogP) is 3.63. The van der Waals surface area contributed by atoms with Gasteiger partial charge in [0.05, 0.1) is 13.2 Å². The van der Waals surface area contributed by atoms with Gasteiger partial charge in [-0.05, 0) is 37.0 Å². The normalized spacial score (nSPS) is 18.3. The van der Waals surface area contributed by atoms with Crippen LogP contribution in [-0.2, 0) is 0 Å². The zero-order valence-corrected chi connectivity index (χ0v) is 10.7. The molecule has 0 amide bonds. The number of methoxy groups -OCH3 is 1. The maximum Gasteiger partial charge on any atom is 0.138 e. The Morgan fingerprint density at radius 2 is 2.06 bits per heavy atom. The van der Waals surface area contributed by atoms with E-state index in [4.69, 9.17) is 14.9 Å². The van der Waals surface area contributed by atoms with Gasteiger partial charge in [-0.2, -0.15) is 0 Å². The number of hydrogen-bond acceptors (Lipinski definition) is 3. The summed E-state index contributed by atoms with van der Waals surface area (Å²) in [6.07, 6.45) is 5.04. The number of furan rings is 1. The summed E-state index contributed by atoms with van der Waals surface area (Å²) in [4.78, 5) is 0. The van der Waals surface area contributed by atoms with Gasteiger partial charge in [-0.15, -0.1) is 0 Å². The summed E-state index contributed by atoms with van der Waals surface area (Å²) in [6, 6.07) is 7.98. The molecule has 1 aromatic carbocycles. The van der Waals surface area contributed by atoms with Gasteiger partial charge in [-0.3, -0.25) is 0 Å². The van der Waals surface area contributed by atoms with Gasteiger partial charge in [0.25, 0.3) is 0 Å². The average Bonchev–Trinajstić information content (AvgIpc) is 3.05. The van der Waals surface area contributed by atoms with Crippen LogP contribution in [0.15, 0.2) is 28.7 Å². The van der Waals surface area contributed by atoms with Crippen LogP contribution in [-0.4, -0.2) is 7.11 Å². The molecule has 2 aromatic rings. The Morgan fingerprint density at radius 3 is 2.78 bits per heavy atom. The minimum absolute atomic E-state index is 0.0332. The minimum atomic E-state index is 0.0332. The molecule has 18 heavy (non-hydrogen) atoms. The maximum atomic E-state index is 6.31. The van der Waals surface area contributed by atoms with E-state index in [1.54, 1.807) is 7.11 Å². The lowest BCUT2D eigenvalue weighted by atomic mass is 9.97. The Hall–Kier alpha value is -1.48. The van der Waals surface area contributed by atoms with Crippen molar-refractivity contribution in [3.05, 3.63) is 30.0 Å². The van der Waals surface area contributed by atoms with E-state index in [2.05, 4.69) is 6.07 Å². The van der Waals surface area contributed by atoms with Gasteiger partial charge in [-0.1, -0.05) is 12.8 Å². The lowest BCUT2D eigenvalue weighted by Crippen LogP contribution is -2.18. The molecule has 1 fully saturated rings. The molecule has 0 bridgehead atoms. The fourth-order valence-electron chi connectivity index (χ4n) is 2.87. The number of ether oxygens (including phenoxy) is 1. The molecule has 1 aromatic heterocycles. The zero-order chi connectivity index (χ0) is 12.5. The van der Waals surface area contributed by atoms with Crippen molar-refractivity contribution in [1.82, 2.24) is 0 Å². The third-order valence-electron chi connectivity index (χ3n) is 3.98. The molecule has 0 radical (unpaired) electrons. The molecule has 1 saturated carbocycles. The molecule has 1 unspecified atom stereocenters. The quantitative estimate of drug-likeness (QED) is 0.898. The first-order valence-electron chi connectivity index (χ1n) is 6.61. The summed E-state index contributed by atoms with van der Waals surface area (Å²) in [7, 11) is 1.66. The maximum absolute atomic E-state index is 6.31. The Labute approximate surface area is 107 Å². The van der Waals surface area contributed by atoms with Crippen LogP contribution in [0.25, 0.3) is 11.0 Å². The molecule has 1 atom stereocenters. The Morgan fingerprint density at radius 1 is 1.28 bits per heavy atom. The standard InChI is InChI=1S/C15H19NO2/c1-17-12-7-6-11-8-14(18-13(11)9-12)15(16)10-4-2-3-5-10/h6-10,15H,2-5,16H2,1H3. The Kier molecular flexibility index (Phi) is 3.00. The van der Waals surface area contributed by atoms with Gasteiger partial charge in [0.15, 0.2) is 0 Å². The summed E-state index contributed by atoms with van der Waals surface area (Å²) >= 11 is 0. The van der Waals surface area contributed by atoms with Gasteiger partial charge in [-0.25, -0.2) is 0 Å². The van der Waals surface area contributed by atoms with E-state index >= 15 is 0 Å². The second kappa shape index (κ2) is 4.65. The van der Waals surface area contributed by atoms with Crippen LogP contribution in [0.4, 0.5) is 0 Å². The van der Waals surface area contributed by atoms with Crippen LogP contribution >= 0.6 is 0 Å². The summed E-state index contributed by atoms with van der Waals surface area (Å²) < 4.78 is 11.1. The molecule has 0 aliphatic heterocycles. The van der Waals surface area contributed by atoms with Crippen LogP contribution < -0.4 is 10.5 Å². The van der Waals surface area contributed by atoms with E-state index in [9.17, 15) is 0 Å². The van der Waals surface area contributed by atoms with Crippen molar-refractivity contribution >= 4 is 11.0 Å². The molecular formula is C15H19NO2. The van der Waals surface area contributed by atoms with Crippen molar-refractivity contribution in [3.8, 4) is 5.75 Å². The van der Waals surface area contributed by atoms with E-state index in [-0.39, 0.29) is 6.04 Å². The Bertz CT molecular complexity index is 540. The summed E-state index contributed by atoms with van der Waals surface area (Å²) in [5.41, 5.74) is 7.17. The number of nitrogens with two attached hydrogens (primary N) is 1. The first-order valence-corrected chi connectivity index (χ1v) is 6.61. The van der Waals surface area contributed by atoms with Crippen LogP contribution in [0.2, 0.25) is 0 Å². The lowest BCUT2D eigenvalue weighted by molar-refractivity contribution is 0.379. The van der Waals surface area contributed by atoms with Gasteiger partial charge in [0.1, 0.15) is 17.1 Å². The number of fused-ring (bicyclic) bond motifs is 1. The third-order valence-corrected chi connectivity index (χ3v) is 3.98. The summed E-state index contributed by atoms with van der Waals surface area (Å²) in [6.45, 7) is 0. The molecule has 2 N–H and O–H groups in total. The number of rotatable bonds is 3. The van der Waals surface area contributed by atoms with E-state index in [0.29, 0.717) is 5.92 Å². The van der Waals surface area contributed by atoms with Crippen LogP contribution in [0.3, 0.4) is 0 Å². The molecule has 1 aliphatic carbocycles. The predicted molar refractivity (Wildman–Crippen MR) is 71.7 cm³/mol. The summed E-state index contributed by atoms with van der Waals surface area (Å²) in [5.74, 6) is 2.30. The monoisotopic (exact) mass is 245 g/mol. The van der Waals surface area contributed by atoms with Crippen molar-refractivity contribution in [3.63, 3.8) is 0 Å². The van der Waals surface area contributed by atoms with Crippen molar-refractivity contribution in [1.29, 1.82) is 0 Å². The fraction of sp³-hybridized carbons (Fsp3) is 0.467. The largest absolute Gasteiger partial charge is 0.497 e. The fourth-order valence-corrected chi connectivity index (χ4v) is 2.87. The van der Waals surface area contributed by atoms with Crippen molar-refractivity contribution < 1.29 is 9.15 Å². The highest BCUT2D eigenvalue weighted by Crippen LogP contribution is 2.36. The molecule has 0 spiro atoms. The molecule has 3 rings (SSSR count). The molecule has 3 heteroatoms. The zero-order valence-electron chi connectivity index (χ0n) is 10.7. The molecule has 1 heterocycles. The minimum Gasteiger partial charge on any atom is -0.497 e. The first-order chi connectivity index (χ1) is 8.78. The highest BCUT2D eigenvalue weighted by molar-refractivity contribution is 5.79. The van der Waals surface area contributed by atoms with E-state index in [0.717, 1.165) is 22.5 Å². The van der Waals surface area contributed by atoms with Gasteiger partial charge >= 0.3 is 0 Å². The van der Waals surface area contributed by atoms with Gasteiger partial charge in [0, 0.05) is 11.5 Å². The van der Waals surface area contributed by atoms with Crippen molar-refractivity contribution in [2.75, 3.05) is 7.11 Å². The molecule has 0 saturated heterocycles. The van der Waals surface area contributed by atoms with Crippen molar-refractivity contribution in [2.24, 2.45) is 11.7 Å². The van der Waals surface area contributed by atoms with E-state index < -0.39 is 0 Å². The third kappa shape index (κ3) is 1.99. The highest BCUT2D eigenvalue weighted by atomic mass is 16.5. The van der Waals surface area contributed by atoms with Crippen LogP contribution in [0, 0.1) is 5.92 Å². The SMILES string of the molecule is COc1ccc2cc(C(N)C3CCCC3)oc2c1. The van der Waals surface area contributed by atoms with Crippen molar-refractivity contribution in [2.45, 2.75) is 31.7 Å². The molecule has 1 aliphatic rings. The van der Waals surface area contributed by atoms with Crippen LogP contribution in [0.5, 0.6) is 5.75 Å². The molecule has 3 nitrogen and oxygen atoms in total. The highest BCUT2D eigenvalue weighted by Gasteiger charge is 2.25. The number of hydrogen-bond donors (Lipinski definition) is 1. The average molecular weight is 245 g/mol. The number of benzene rings is 1. The van der Waals surface area contributed by atoms with Gasteiger partial charge in [0.2, 0.25) is 0 Å². The molecular weight excluding hydrogens is 226 g/mol. The molecule has 96 valence electrons. The van der Waals surface area contributed by atoms with Gasteiger partial charge < -0.3 is 14.9 Å². The Balaban J connectivity index is 1.92. The van der Waals surface area contributed by atoms with E-state index in [1.807, 2.05) is 18.2 Å². The topological polar surface area (TPSA) is 48.4 Å². The van der Waals surface area contributed by atoms with E-state index in [1.165, 1.54) is 25.7 Å². The second-order valence-electron chi connectivity index (χ2n) is 5.12. The second-order valence-corrected chi connectivity index (χ2v) is 5.12. The summed E-state index contributed by atoms with van der Waals surface area (Å²) in [5, 5.41) is 1.10. The first kappa shape index (κ1) is 11.6. The lowest BCUT2D eigenvalue weighted by Gasteiger charge is -2.15.